The summed E-state index contributed by atoms with van der Waals surface area (Å²) in [6.07, 6.45) is 0.772. The molecular weight excluding hydrogens is 304 g/mol. The van der Waals surface area contributed by atoms with Gasteiger partial charge in [-0.2, -0.15) is 0 Å². The highest BCUT2D eigenvalue weighted by Crippen LogP contribution is 2.17. The molecule has 0 amide bonds. The van der Waals surface area contributed by atoms with Crippen LogP contribution in [0.3, 0.4) is 0 Å². The van der Waals surface area contributed by atoms with Gasteiger partial charge in [-0.25, -0.2) is 4.98 Å². The number of hydrogen-bond acceptors (Lipinski definition) is 3. The number of nitrogens with one attached hydrogen (secondary N) is 1. The van der Waals surface area contributed by atoms with Crippen molar-refractivity contribution in [2.75, 3.05) is 11.9 Å². The predicted octanol–water partition coefficient (Wildman–Crippen LogP) is 3.17. The molecule has 1 aromatic carbocycles. The SMILES string of the molecule is Cc1nc(NC(CO)Cc2ccccc2)ccc1Br. The fraction of sp³-hybridized carbons (Fsp3) is 0.267. The molecule has 0 aliphatic rings. The number of aryl methyl sites for hydroxylation is 1. The van der Waals surface area contributed by atoms with Crippen molar-refractivity contribution in [1.29, 1.82) is 0 Å². The maximum absolute atomic E-state index is 9.47. The Balaban J connectivity index is 2.04. The molecule has 0 bridgehead atoms. The van der Waals surface area contributed by atoms with Gasteiger partial charge in [-0.05, 0) is 47.0 Å². The lowest BCUT2D eigenvalue weighted by Crippen LogP contribution is -2.26. The van der Waals surface area contributed by atoms with E-state index < -0.39 is 0 Å². The number of aliphatic hydroxyl groups excluding tert-OH is 1. The highest BCUT2D eigenvalue weighted by Gasteiger charge is 2.09. The van der Waals surface area contributed by atoms with Gasteiger partial charge in [-0.3, -0.25) is 0 Å². The Labute approximate surface area is 121 Å². The topological polar surface area (TPSA) is 45.2 Å². The summed E-state index contributed by atoms with van der Waals surface area (Å²) in [5, 5.41) is 12.7. The van der Waals surface area contributed by atoms with E-state index in [0.29, 0.717) is 0 Å². The number of aromatic nitrogens is 1. The van der Waals surface area contributed by atoms with Gasteiger partial charge in [0.15, 0.2) is 0 Å². The number of aliphatic hydroxyl groups is 1. The van der Waals surface area contributed by atoms with Crippen molar-refractivity contribution in [1.82, 2.24) is 4.98 Å². The monoisotopic (exact) mass is 320 g/mol. The van der Waals surface area contributed by atoms with Crippen LogP contribution in [0.2, 0.25) is 0 Å². The summed E-state index contributed by atoms with van der Waals surface area (Å²) < 4.78 is 0.988. The molecule has 0 radical (unpaired) electrons. The number of benzene rings is 1. The third kappa shape index (κ3) is 4.04. The highest BCUT2D eigenvalue weighted by molar-refractivity contribution is 9.10. The summed E-state index contributed by atoms with van der Waals surface area (Å²) in [7, 11) is 0. The molecular formula is C15H17BrN2O. The van der Waals surface area contributed by atoms with Gasteiger partial charge in [0, 0.05) is 4.47 Å². The van der Waals surface area contributed by atoms with E-state index in [0.717, 1.165) is 22.4 Å². The van der Waals surface area contributed by atoms with E-state index in [-0.39, 0.29) is 12.6 Å². The number of nitrogens with zero attached hydrogens (tertiary/aromatic N) is 1. The van der Waals surface area contributed by atoms with Gasteiger partial charge in [-0.15, -0.1) is 0 Å². The minimum absolute atomic E-state index is 0.0320. The molecule has 2 rings (SSSR count). The van der Waals surface area contributed by atoms with Crippen molar-refractivity contribution in [3.8, 4) is 0 Å². The zero-order valence-corrected chi connectivity index (χ0v) is 12.4. The molecule has 1 heterocycles. The van der Waals surface area contributed by atoms with Gasteiger partial charge in [0.25, 0.3) is 0 Å². The van der Waals surface area contributed by atoms with Crippen LogP contribution >= 0.6 is 15.9 Å². The molecule has 1 atom stereocenters. The normalized spacial score (nSPS) is 12.2. The van der Waals surface area contributed by atoms with Crippen LogP contribution in [0.15, 0.2) is 46.9 Å². The molecule has 0 spiro atoms. The van der Waals surface area contributed by atoms with Crippen LogP contribution in [0.1, 0.15) is 11.3 Å². The van der Waals surface area contributed by atoms with E-state index >= 15 is 0 Å². The summed E-state index contributed by atoms with van der Waals surface area (Å²) in [6, 6.07) is 14.0. The van der Waals surface area contributed by atoms with Crippen LogP contribution in [-0.4, -0.2) is 22.7 Å². The van der Waals surface area contributed by atoms with Gasteiger partial charge in [0.05, 0.1) is 18.3 Å². The summed E-state index contributed by atoms with van der Waals surface area (Å²) in [5.74, 6) is 0.788. The van der Waals surface area contributed by atoms with Gasteiger partial charge >= 0.3 is 0 Å². The third-order valence-electron chi connectivity index (χ3n) is 2.92. The zero-order chi connectivity index (χ0) is 13.7. The van der Waals surface area contributed by atoms with Gasteiger partial charge in [0.1, 0.15) is 5.82 Å². The summed E-state index contributed by atoms with van der Waals surface area (Å²) >= 11 is 3.43. The molecule has 4 heteroatoms. The molecule has 100 valence electrons. The summed E-state index contributed by atoms with van der Waals surface area (Å²) in [4.78, 5) is 4.43. The predicted molar refractivity (Wildman–Crippen MR) is 81.3 cm³/mol. The van der Waals surface area contributed by atoms with E-state index in [9.17, 15) is 5.11 Å². The van der Waals surface area contributed by atoms with E-state index in [1.807, 2.05) is 37.3 Å². The second-order valence-electron chi connectivity index (χ2n) is 4.48. The number of anilines is 1. The quantitative estimate of drug-likeness (QED) is 0.889. The van der Waals surface area contributed by atoms with Gasteiger partial charge < -0.3 is 10.4 Å². The van der Waals surface area contributed by atoms with Crippen molar-refractivity contribution in [3.05, 3.63) is 58.2 Å². The van der Waals surface area contributed by atoms with Gasteiger partial charge in [-0.1, -0.05) is 30.3 Å². The van der Waals surface area contributed by atoms with E-state index in [4.69, 9.17) is 0 Å². The molecule has 0 aliphatic heterocycles. The Hall–Kier alpha value is -1.39. The Morgan fingerprint density at radius 3 is 2.58 bits per heavy atom. The third-order valence-corrected chi connectivity index (χ3v) is 3.76. The van der Waals surface area contributed by atoms with Crippen molar-refractivity contribution >= 4 is 21.7 Å². The Morgan fingerprint density at radius 2 is 1.95 bits per heavy atom. The molecule has 0 saturated heterocycles. The first-order valence-corrected chi connectivity index (χ1v) is 7.03. The fourth-order valence-corrected chi connectivity index (χ4v) is 2.11. The van der Waals surface area contributed by atoms with Crippen LogP contribution < -0.4 is 5.32 Å². The lowest BCUT2D eigenvalue weighted by Gasteiger charge is -2.17. The molecule has 2 N–H and O–H groups in total. The molecule has 0 fully saturated rings. The number of halogens is 1. The van der Waals surface area contributed by atoms with Crippen molar-refractivity contribution in [2.24, 2.45) is 0 Å². The first-order valence-electron chi connectivity index (χ1n) is 6.23. The largest absolute Gasteiger partial charge is 0.394 e. The molecule has 19 heavy (non-hydrogen) atoms. The van der Waals surface area contributed by atoms with Crippen LogP contribution in [0.25, 0.3) is 0 Å². The summed E-state index contributed by atoms with van der Waals surface area (Å²) in [5.41, 5.74) is 2.13. The lowest BCUT2D eigenvalue weighted by molar-refractivity contribution is 0.273. The minimum Gasteiger partial charge on any atom is -0.394 e. The van der Waals surface area contributed by atoms with E-state index in [2.05, 4.69) is 38.4 Å². The molecule has 3 nitrogen and oxygen atoms in total. The van der Waals surface area contributed by atoms with E-state index in [1.165, 1.54) is 5.56 Å². The maximum atomic E-state index is 9.47. The number of hydrogen-bond donors (Lipinski definition) is 2. The molecule has 1 unspecified atom stereocenters. The highest BCUT2D eigenvalue weighted by atomic mass is 79.9. The number of rotatable bonds is 5. The van der Waals surface area contributed by atoms with Crippen molar-refractivity contribution in [3.63, 3.8) is 0 Å². The fourth-order valence-electron chi connectivity index (χ4n) is 1.89. The maximum Gasteiger partial charge on any atom is 0.126 e. The standard InChI is InChI=1S/C15H17BrN2O/c1-11-14(16)7-8-15(17-11)18-13(10-19)9-12-5-3-2-4-6-12/h2-8,13,19H,9-10H2,1H3,(H,17,18). The first kappa shape index (κ1) is 14.0. The second kappa shape index (κ2) is 6.68. The molecule has 0 saturated carbocycles. The smallest absolute Gasteiger partial charge is 0.126 e. The molecule has 2 aromatic rings. The second-order valence-corrected chi connectivity index (χ2v) is 5.33. The van der Waals surface area contributed by atoms with Crippen LogP contribution in [-0.2, 0) is 6.42 Å². The lowest BCUT2D eigenvalue weighted by atomic mass is 10.1. The van der Waals surface area contributed by atoms with Crippen LogP contribution in [0, 0.1) is 6.92 Å². The Morgan fingerprint density at radius 1 is 1.21 bits per heavy atom. The Kier molecular flexibility index (Phi) is 4.93. The van der Waals surface area contributed by atoms with Crippen molar-refractivity contribution in [2.45, 2.75) is 19.4 Å². The number of pyridine rings is 1. The van der Waals surface area contributed by atoms with Crippen LogP contribution in [0.4, 0.5) is 5.82 Å². The Bertz CT molecular complexity index is 531. The first-order chi connectivity index (χ1) is 9.19. The average Bonchev–Trinajstić information content (AvgIpc) is 2.43. The minimum atomic E-state index is -0.0320. The molecule has 1 aromatic heterocycles. The zero-order valence-electron chi connectivity index (χ0n) is 10.8. The van der Waals surface area contributed by atoms with Crippen molar-refractivity contribution < 1.29 is 5.11 Å². The molecule has 0 aliphatic carbocycles. The van der Waals surface area contributed by atoms with Gasteiger partial charge in [0.2, 0.25) is 0 Å². The average molecular weight is 321 g/mol. The van der Waals surface area contributed by atoms with Crippen LogP contribution in [0.5, 0.6) is 0 Å². The summed E-state index contributed by atoms with van der Waals surface area (Å²) in [6.45, 7) is 2.02. The van der Waals surface area contributed by atoms with E-state index in [1.54, 1.807) is 0 Å².